The highest BCUT2D eigenvalue weighted by Crippen LogP contribution is 2.04. The average molecular weight is 217 g/mol. The summed E-state index contributed by atoms with van der Waals surface area (Å²) in [6, 6.07) is 0. The molecule has 0 aromatic heterocycles. The van der Waals surface area contributed by atoms with Gasteiger partial charge in [0.2, 0.25) is 0 Å². The van der Waals surface area contributed by atoms with Crippen LogP contribution in [-0.2, 0) is 9.47 Å². The first-order valence-corrected chi connectivity index (χ1v) is 5.04. The van der Waals surface area contributed by atoms with Crippen LogP contribution in [0.15, 0.2) is 4.99 Å². The number of methoxy groups -OCH3 is 2. The number of rotatable bonds is 6. The Kier molecular flexibility index (Phi) is 7.07. The van der Waals surface area contributed by atoms with Gasteiger partial charge in [0.15, 0.2) is 5.96 Å². The number of guanidine groups is 1. The van der Waals surface area contributed by atoms with Gasteiger partial charge < -0.3 is 20.1 Å². The van der Waals surface area contributed by atoms with Gasteiger partial charge in [-0.1, -0.05) is 0 Å². The molecule has 0 unspecified atom stereocenters. The van der Waals surface area contributed by atoms with E-state index in [-0.39, 0.29) is 5.60 Å². The molecular weight excluding hydrogens is 194 g/mol. The third-order valence-electron chi connectivity index (χ3n) is 2.06. The minimum Gasteiger partial charge on any atom is -0.383 e. The molecular formula is C10H23N3O2. The van der Waals surface area contributed by atoms with Crippen molar-refractivity contribution >= 4 is 5.96 Å². The highest BCUT2D eigenvalue weighted by Gasteiger charge is 2.16. The van der Waals surface area contributed by atoms with Gasteiger partial charge in [-0.2, -0.15) is 0 Å². The van der Waals surface area contributed by atoms with Gasteiger partial charge in [-0.15, -0.1) is 0 Å². The molecule has 0 aliphatic heterocycles. The monoisotopic (exact) mass is 217 g/mol. The molecule has 90 valence electrons. The normalized spacial score (nSPS) is 12.7. The van der Waals surface area contributed by atoms with Crippen LogP contribution in [0.25, 0.3) is 0 Å². The van der Waals surface area contributed by atoms with E-state index >= 15 is 0 Å². The van der Waals surface area contributed by atoms with E-state index in [1.807, 2.05) is 13.8 Å². The second-order valence-electron chi connectivity index (χ2n) is 3.81. The number of nitrogens with one attached hydrogen (secondary N) is 2. The summed E-state index contributed by atoms with van der Waals surface area (Å²) < 4.78 is 10.2. The zero-order chi connectivity index (χ0) is 11.7. The lowest BCUT2D eigenvalue weighted by atomic mass is 10.1. The first-order valence-electron chi connectivity index (χ1n) is 5.04. The lowest BCUT2D eigenvalue weighted by molar-refractivity contribution is 0.0268. The fourth-order valence-corrected chi connectivity index (χ4v) is 0.861. The van der Waals surface area contributed by atoms with Crippen LogP contribution in [0.2, 0.25) is 0 Å². The summed E-state index contributed by atoms with van der Waals surface area (Å²) in [5.74, 6) is 0.761. The summed E-state index contributed by atoms with van der Waals surface area (Å²) in [5.41, 5.74) is -0.196. The fraction of sp³-hybridized carbons (Fsp3) is 0.900. The van der Waals surface area contributed by atoms with E-state index in [0.29, 0.717) is 13.2 Å². The van der Waals surface area contributed by atoms with Crippen molar-refractivity contribution in [2.75, 3.05) is 41.0 Å². The first-order chi connectivity index (χ1) is 7.05. The molecule has 0 spiro atoms. The van der Waals surface area contributed by atoms with Crippen molar-refractivity contribution < 1.29 is 9.47 Å². The van der Waals surface area contributed by atoms with Crippen molar-refractivity contribution in [3.05, 3.63) is 0 Å². The van der Waals surface area contributed by atoms with Crippen LogP contribution in [0.1, 0.15) is 13.8 Å². The molecule has 0 saturated carbocycles. The maximum atomic E-state index is 5.29. The summed E-state index contributed by atoms with van der Waals surface area (Å²) in [4.78, 5) is 4.08. The Morgan fingerprint density at radius 1 is 1.27 bits per heavy atom. The van der Waals surface area contributed by atoms with E-state index in [1.54, 1.807) is 21.3 Å². The Hall–Kier alpha value is -0.810. The van der Waals surface area contributed by atoms with Gasteiger partial charge in [-0.3, -0.25) is 4.99 Å². The van der Waals surface area contributed by atoms with Crippen molar-refractivity contribution in [3.8, 4) is 0 Å². The number of aliphatic imine (C=N–C) groups is 1. The van der Waals surface area contributed by atoms with Crippen LogP contribution in [0.5, 0.6) is 0 Å². The minimum absolute atomic E-state index is 0.196. The molecule has 0 rings (SSSR count). The lowest BCUT2D eigenvalue weighted by Gasteiger charge is -2.24. The third-order valence-corrected chi connectivity index (χ3v) is 2.06. The average Bonchev–Trinajstić information content (AvgIpc) is 2.23. The molecule has 5 nitrogen and oxygen atoms in total. The zero-order valence-corrected chi connectivity index (χ0v) is 10.4. The smallest absolute Gasteiger partial charge is 0.191 e. The van der Waals surface area contributed by atoms with Crippen LogP contribution in [0.4, 0.5) is 0 Å². The standard InChI is InChI=1S/C10H23N3O2/c1-10(2,15-5)8-13-9(11-3)12-6-7-14-4/h6-8H2,1-5H3,(H2,11,12,13). The predicted molar refractivity (Wildman–Crippen MR) is 62.3 cm³/mol. The summed E-state index contributed by atoms with van der Waals surface area (Å²) in [7, 11) is 5.11. The number of ether oxygens (including phenoxy) is 2. The minimum atomic E-state index is -0.196. The van der Waals surface area contributed by atoms with Crippen LogP contribution < -0.4 is 10.6 Å². The molecule has 0 aliphatic carbocycles. The van der Waals surface area contributed by atoms with Crippen molar-refractivity contribution in [1.29, 1.82) is 0 Å². The van der Waals surface area contributed by atoms with Crippen LogP contribution in [0.3, 0.4) is 0 Å². The summed E-state index contributed by atoms with van der Waals surface area (Å²) in [6.45, 7) is 6.14. The van der Waals surface area contributed by atoms with Crippen molar-refractivity contribution in [1.82, 2.24) is 10.6 Å². The van der Waals surface area contributed by atoms with Gasteiger partial charge in [-0.25, -0.2) is 0 Å². The quantitative estimate of drug-likeness (QED) is 0.380. The Balaban J connectivity index is 3.81. The number of hydrogen-bond acceptors (Lipinski definition) is 3. The van der Waals surface area contributed by atoms with Crippen LogP contribution >= 0.6 is 0 Å². The summed E-state index contributed by atoms with van der Waals surface area (Å²) in [5, 5.41) is 6.30. The second kappa shape index (κ2) is 7.48. The molecule has 0 bridgehead atoms. The second-order valence-corrected chi connectivity index (χ2v) is 3.81. The summed E-state index contributed by atoms with van der Waals surface area (Å²) >= 11 is 0. The van der Waals surface area contributed by atoms with E-state index < -0.39 is 0 Å². The van der Waals surface area contributed by atoms with Crippen molar-refractivity contribution in [2.24, 2.45) is 4.99 Å². The topological polar surface area (TPSA) is 54.9 Å². The first kappa shape index (κ1) is 14.2. The van der Waals surface area contributed by atoms with Gasteiger partial charge in [-0.05, 0) is 13.8 Å². The van der Waals surface area contributed by atoms with E-state index in [2.05, 4.69) is 15.6 Å². The molecule has 0 amide bonds. The van der Waals surface area contributed by atoms with E-state index in [1.165, 1.54) is 0 Å². The van der Waals surface area contributed by atoms with E-state index in [0.717, 1.165) is 12.5 Å². The maximum absolute atomic E-state index is 5.29. The molecule has 0 radical (unpaired) electrons. The van der Waals surface area contributed by atoms with Gasteiger partial charge in [0.25, 0.3) is 0 Å². The molecule has 15 heavy (non-hydrogen) atoms. The zero-order valence-electron chi connectivity index (χ0n) is 10.4. The Labute approximate surface area is 92.2 Å². The molecule has 0 fully saturated rings. The Morgan fingerprint density at radius 3 is 2.40 bits per heavy atom. The largest absolute Gasteiger partial charge is 0.383 e. The van der Waals surface area contributed by atoms with Gasteiger partial charge >= 0.3 is 0 Å². The third kappa shape index (κ3) is 7.16. The highest BCUT2D eigenvalue weighted by molar-refractivity contribution is 5.79. The predicted octanol–water partition coefficient (Wildman–Crippen LogP) is 0.223. The van der Waals surface area contributed by atoms with Gasteiger partial charge in [0, 0.05) is 34.4 Å². The maximum Gasteiger partial charge on any atom is 0.191 e. The van der Waals surface area contributed by atoms with E-state index in [4.69, 9.17) is 9.47 Å². The number of nitrogens with zero attached hydrogens (tertiary/aromatic N) is 1. The molecule has 2 N–H and O–H groups in total. The van der Waals surface area contributed by atoms with Crippen molar-refractivity contribution in [2.45, 2.75) is 19.4 Å². The van der Waals surface area contributed by atoms with Gasteiger partial charge in [0.05, 0.1) is 12.2 Å². The fourth-order valence-electron chi connectivity index (χ4n) is 0.861. The van der Waals surface area contributed by atoms with Gasteiger partial charge in [0.1, 0.15) is 0 Å². The van der Waals surface area contributed by atoms with Crippen LogP contribution in [0, 0.1) is 0 Å². The molecule has 0 aromatic rings. The summed E-state index contributed by atoms with van der Waals surface area (Å²) in [6.07, 6.45) is 0. The number of hydrogen-bond donors (Lipinski definition) is 2. The molecule has 5 heteroatoms. The molecule has 0 saturated heterocycles. The SMILES string of the molecule is CN=C(NCCOC)NCC(C)(C)OC. The lowest BCUT2D eigenvalue weighted by Crippen LogP contribution is -2.45. The molecule has 0 aromatic carbocycles. The highest BCUT2D eigenvalue weighted by atomic mass is 16.5. The molecule has 0 heterocycles. The molecule has 0 atom stereocenters. The van der Waals surface area contributed by atoms with Crippen LogP contribution in [-0.4, -0.2) is 52.5 Å². The van der Waals surface area contributed by atoms with Crippen molar-refractivity contribution in [3.63, 3.8) is 0 Å². The van der Waals surface area contributed by atoms with E-state index in [9.17, 15) is 0 Å². The molecule has 0 aliphatic rings. The Morgan fingerprint density at radius 2 is 1.93 bits per heavy atom. The Bertz CT molecular complexity index is 193.